The number of aliphatic hydroxyl groups excluding tert-OH is 2. The van der Waals surface area contributed by atoms with Gasteiger partial charge < -0.3 is 94.0 Å². The van der Waals surface area contributed by atoms with E-state index in [1.165, 1.54) is 12.4 Å². The number of ether oxygens (including phenoxy) is 9. The van der Waals surface area contributed by atoms with E-state index in [9.17, 15) is 43.8 Å². The minimum atomic E-state index is -1.55. The lowest BCUT2D eigenvalue weighted by atomic mass is 9.88. The third-order valence-electron chi connectivity index (χ3n) is 18.5. The van der Waals surface area contributed by atoms with Gasteiger partial charge in [0.25, 0.3) is 11.8 Å². The van der Waals surface area contributed by atoms with Gasteiger partial charge in [0.15, 0.2) is 22.7 Å². The van der Waals surface area contributed by atoms with E-state index in [4.69, 9.17) is 57.2 Å². The Morgan fingerprint density at radius 2 is 0.870 bits per heavy atom. The summed E-state index contributed by atoms with van der Waals surface area (Å²) in [5.74, 6) is -1.39. The first-order chi connectivity index (χ1) is 59.4. The van der Waals surface area contributed by atoms with E-state index < -0.39 is 59.4 Å². The Morgan fingerprint density at radius 3 is 1.26 bits per heavy atom. The van der Waals surface area contributed by atoms with Gasteiger partial charge in [0.2, 0.25) is 23.6 Å². The summed E-state index contributed by atoms with van der Waals surface area (Å²) >= 11 is 0. The van der Waals surface area contributed by atoms with Crippen molar-refractivity contribution in [3.63, 3.8) is 0 Å². The molecule has 5 amide bonds. The van der Waals surface area contributed by atoms with Crippen molar-refractivity contribution in [1.82, 2.24) is 45.9 Å². The number of ketones is 2. The average Bonchev–Trinajstić information content (AvgIpc) is 1.69. The van der Waals surface area contributed by atoms with Gasteiger partial charge in [-0.25, -0.2) is 24.7 Å². The number of rotatable bonds is 51. The number of nitrogens with two attached hydrogens (primary N) is 1. The van der Waals surface area contributed by atoms with Crippen LogP contribution in [0.15, 0.2) is 192 Å². The molecule has 0 aliphatic carbocycles. The molecule has 0 spiro atoms. The molecule has 656 valence electrons. The molecule has 32 heteroatoms. The van der Waals surface area contributed by atoms with Crippen LogP contribution in [0, 0.1) is 23.7 Å². The van der Waals surface area contributed by atoms with Gasteiger partial charge in [-0.15, -0.1) is 0 Å². The number of aliphatic hydroxyl groups is 2. The third kappa shape index (κ3) is 33.8. The van der Waals surface area contributed by atoms with Crippen molar-refractivity contribution in [3.05, 3.63) is 205 Å². The normalized spacial score (nSPS) is 12.9. The molecule has 0 radical (unpaired) electrons. The van der Waals surface area contributed by atoms with Crippen LogP contribution in [0.1, 0.15) is 106 Å². The number of carbonyl (C=O) groups is 7. The third-order valence-corrected chi connectivity index (χ3v) is 18.5. The number of aromatic nitrogens is 6. The minimum Gasteiger partial charge on any atom is -0.490 e. The van der Waals surface area contributed by atoms with Crippen LogP contribution in [0.2, 0.25) is 0 Å². The van der Waals surface area contributed by atoms with Gasteiger partial charge >= 0.3 is 6.09 Å². The van der Waals surface area contributed by atoms with E-state index >= 15 is 0 Å². The number of alkyl carbamates (subject to hydrolysis) is 1. The van der Waals surface area contributed by atoms with Crippen molar-refractivity contribution in [3.8, 4) is 34.4 Å². The van der Waals surface area contributed by atoms with Gasteiger partial charge in [-0.1, -0.05) is 88.4 Å². The first-order valence-electron chi connectivity index (χ1n) is 41.1. The van der Waals surface area contributed by atoms with E-state index in [1.807, 2.05) is 100 Å². The summed E-state index contributed by atoms with van der Waals surface area (Å²) in [7, 11) is 0. The maximum Gasteiger partial charge on any atom is 0.407 e. The monoisotopic (exact) mass is 1690 g/mol. The predicted octanol–water partition coefficient (Wildman–Crippen LogP) is 10.8. The first kappa shape index (κ1) is 95.0. The molecule has 0 bridgehead atoms. The topological polar surface area (TPSA) is 433 Å². The molecule has 0 fully saturated rings. The summed E-state index contributed by atoms with van der Waals surface area (Å²) in [5, 5.41) is 35.7. The largest absolute Gasteiger partial charge is 0.490 e. The smallest absolute Gasteiger partial charge is 0.407 e. The van der Waals surface area contributed by atoms with Crippen LogP contribution in [0.25, 0.3) is 45.1 Å². The van der Waals surface area contributed by atoms with Gasteiger partial charge in [-0.05, 0) is 154 Å². The van der Waals surface area contributed by atoms with Gasteiger partial charge in [-0.3, -0.25) is 38.7 Å². The number of nitrogens with one attached hydrogen (secondary N) is 5. The number of carbonyl (C=O) groups excluding carboxylic acids is 7. The molecule has 0 aliphatic heterocycles. The van der Waals surface area contributed by atoms with Gasteiger partial charge in [-0.2, -0.15) is 0 Å². The van der Waals surface area contributed by atoms with E-state index in [0.717, 1.165) is 22.3 Å². The number of nitrogens with zero attached hydrogens (tertiary/aromatic N) is 6. The number of anilines is 2. The van der Waals surface area contributed by atoms with Crippen LogP contribution in [-0.2, 0) is 65.2 Å². The Labute approximate surface area is 714 Å². The zero-order chi connectivity index (χ0) is 87.7. The molecule has 6 heterocycles. The molecule has 0 unspecified atom stereocenters. The standard InChI is InChI=1S/C48H60N6O11.C43H52N6O9/c1-32(2)26-35(28-41(55)43(56)40(27-33-10-7-6-8-11-33)54-47(59)65-48(3,4)5)44(57)50-18-19-60-20-21-61-22-23-62-24-25-63-37-14-15-38(51-31-37)45(58)52-36-13-16-42-39(29-36)53-46(64-42)34-12-9-17-49-30-34;1-29(2)23-32(25-38(50)40(51)35(44)24-30-7-4-3-5-8-30)41(52)46-15-16-54-17-18-55-19-20-56-21-22-57-34-11-12-36(47-28-34)42(53)48-33-10-13-39-37(26-33)49-43(58-39)31-9-6-14-45-27-31/h6-17,29-32,35,40,43,56H,18-28H2,1-5H3,(H,50,57)(H,52,58)(H,54,59);3-14,26-29,32,35,40,51H,15-25,44H2,1-2H3,(H,46,52)(H,48,53)/t35-,40-,43+;32-,35-,40+/m11/s1. The van der Waals surface area contributed by atoms with Crippen molar-refractivity contribution in [1.29, 1.82) is 0 Å². The van der Waals surface area contributed by atoms with Gasteiger partial charge in [0, 0.05) is 80.0 Å². The zero-order valence-electron chi connectivity index (χ0n) is 70.5. The highest BCUT2D eigenvalue weighted by molar-refractivity contribution is 6.04. The summed E-state index contributed by atoms with van der Waals surface area (Å²) in [6.07, 6.45) is 7.20. The molecule has 0 saturated carbocycles. The molecular formula is C91H112N12O20. The number of oxazole rings is 2. The molecular weight excluding hydrogens is 1580 g/mol. The Balaban J connectivity index is 0.000000281. The summed E-state index contributed by atoms with van der Waals surface area (Å²) in [4.78, 5) is 116. The number of hydrogen-bond acceptors (Lipinski definition) is 27. The second-order valence-electron chi connectivity index (χ2n) is 30.7. The van der Waals surface area contributed by atoms with Crippen LogP contribution in [-0.4, -0.2) is 217 Å². The average molecular weight is 1690 g/mol. The van der Waals surface area contributed by atoms with Crippen molar-refractivity contribution in [2.45, 2.75) is 117 Å². The highest BCUT2D eigenvalue weighted by Gasteiger charge is 2.34. The van der Waals surface area contributed by atoms with E-state index in [0.29, 0.717) is 142 Å². The maximum absolute atomic E-state index is 13.4. The van der Waals surface area contributed by atoms with E-state index in [-0.39, 0.29) is 106 Å². The lowest BCUT2D eigenvalue weighted by molar-refractivity contribution is -0.134. The SMILES string of the molecule is CC(C)C[C@H](CC(=O)[C@@H](O)[C@@H](Cc1ccccc1)NC(=O)OC(C)(C)C)C(=O)NCCOCCOCCOCCOc1ccc(C(=O)Nc2ccc3oc(-c4cccnc4)nc3c2)nc1.CC(C)C[C@H](CC(=O)[C@@H](O)[C@H](N)Cc1ccccc1)C(=O)NCCOCCOCCOCCOc1ccc(C(=O)Nc2ccc3oc(-c4cccnc4)nc3c2)nc1. The summed E-state index contributed by atoms with van der Waals surface area (Å²) in [6, 6.07) is 41.1. The molecule has 0 saturated heterocycles. The fourth-order valence-electron chi connectivity index (χ4n) is 12.6. The van der Waals surface area contributed by atoms with Crippen LogP contribution >= 0.6 is 0 Å². The van der Waals surface area contributed by atoms with Crippen LogP contribution in [0.3, 0.4) is 0 Å². The summed E-state index contributed by atoms with van der Waals surface area (Å²) in [6.45, 7) is 18.0. The molecule has 123 heavy (non-hydrogen) atoms. The maximum atomic E-state index is 13.4. The van der Waals surface area contributed by atoms with Gasteiger partial charge in [0.05, 0.1) is 109 Å². The Morgan fingerprint density at radius 1 is 0.463 bits per heavy atom. The van der Waals surface area contributed by atoms with Crippen LogP contribution in [0.4, 0.5) is 16.2 Å². The summed E-state index contributed by atoms with van der Waals surface area (Å²) < 4.78 is 61.8. The Kier molecular flexibility index (Phi) is 39.0. The van der Waals surface area contributed by atoms with E-state index in [2.05, 4.69) is 56.5 Å². The van der Waals surface area contributed by atoms with Crippen molar-refractivity contribution >= 4 is 74.9 Å². The molecule has 10 aromatic rings. The number of hydrogen-bond donors (Lipinski definition) is 8. The fourth-order valence-corrected chi connectivity index (χ4v) is 12.6. The lowest BCUT2D eigenvalue weighted by Crippen LogP contribution is -2.50. The van der Waals surface area contributed by atoms with Crippen molar-refractivity contribution < 1.29 is 95.2 Å². The van der Waals surface area contributed by atoms with E-state index in [1.54, 1.807) is 118 Å². The molecule has 9 N–H and O–H groups in total. The molecule has 4 aromatic carbocycles. The second kappa shape index (κ2) is 50.5. The second-order valence-corrected chi connectivity index (χ2v) is 30.7. The quantitative estimate of drug-likeness (QED) is 0.0164. The zero-order valence-corrected chi connectivity index (χ0v) is 70.5. The summed E-state index contributed by atoms with van der Waals surface area (Å²) in [5.41, 5.74) is 12.5. The van der Waals surface area contributed by atoms with Gasteiger partial charge in [0.1, 0.15) is 64.9 Å². The Bertz CT molecular complexity index is 4870. The van der Waals surface area contributed by atoms with Crippen molar-refractivity contribution in [2.24, 2.45) is 29.4 Å². The predicted molar refractivity (Wildman–Crippen MR) is 459 cm³/mol. The highest BCUT2D eigenvalue weighted by Crippen LogP contribution is 2.29. The van der Waals surface area contributed by atoms with Crippen molar-refractivity contribution in [2.75, 3.05) is 116 Å². The highest BCUT2D eigenvalue weighted by atomic mass is 16.6. The number of benzene rings is 4. The van der Waals surface area contributed by atoms with Crippen LogP contribution in [0.5, 0.6) is 11.5 Å². The number of pyridine rings is 4. The van der Waals surface area contributed by atoms with Crippen LogP contribution < -0.4 is 41.8 Å². The minimum absolute atomic E-state index is 0.0812. The molecule has 0 aliphatic rings. The fraction of sp³-hybridized carbons (Fsp3) is 0.418. The number of amides is 5. The lowest BCUT2D eigenvalue weighted by Gasteiger charge is -2.27. The molecule has 10 rings (SSSR count). The molecule has 6 aromatic heterocycles. The molecule has 32 nitrogen and oxygen atoms in total. The number of Topliss-reactive ketones (excluding diaryl/α,β-unsaturated/α-hetero) is 2. The first-order valence-corrected chi connectivity index (χ1v) is 41.1. The molecule has 6 atom stereocenters. The number of fused-ring (bicyclic) bond motifs is 2. The Hall–Kier alpha value is -11.9.